The van der Waals surface area contributed by atoms with Gasteiger partial charge in [0.05, 0.1) is 16.2 Å². The minimum absolute atomic E-state index is 0.0779. The molecule has 0 aliphatic heterocycles. The van der Waals surface area contributed by atoms with E-state index in [2.05, 4.69) is 15.5 Å². The highest BCUT2D eigenvalue weighted by Crippen LogP contribution is 2.26. The van der Waals surface area contributed by atoms with Crippen molar-refractivity contribution in [1.82, 2.24) is 19.2 Å². The molecule has 166 valence electrons. The van der Waals surface area contributed by atoms with Gasteiger partial charge in [0.2, 0.25) is 11.7 Å². The minimum Gasteiger partial charge on any atom is -0.378 e. The second-order valence-corrected chi connectivity index (χ2v) is 9.09. The van der Waals surface area contributed by atoms with Crippen LogP contribution in [-0.4, -0.2) is 44.4 Å². The van der Waals surface area contributed by atoms with E-state index < -0.39 is 5.25 Å². The monoisotopic (exact) mass is 450 g/mol. The van der Waals surface area contributed by atoms with Crippen molar-refractivity contribution in [2.45, 2.75) is 37.2 Å². The van der Waals surface area contributed by atoms with E-state index >= 15 is 0 Å². The predicted octanol–water partition coefficient (Wildman–Crippen LogP) is 3.64. The molecule has 2 heterocycles. The van der Waals surface area contributed by atoms with Crippen molar-refractivity contribution in [2.75, 3.05) is 24.3 Å². The molecule has 0 fully saturated rings. The van der Waals surface area contributed by atoms with Gasteiger partial charge in [0, 0.05) is 32.0 Å². The Morgan fingerprint density at radius 2 is 1.84 bits per heavy atom. The van der Waals surface area contributed by atoms with Crippen LogP contribution in [0.15, 0.2) is 58.5 Å². The molecule has 1 unspecified atom stereocenters. The van der Waals surface area contributed by atoms with Crippen LogP contribution in [0.3, 0.4) is 0 Å². The van der Waals surface area contributed by atoms with Crippen molar-refractivity contribution in [3.8, 4) is 0 Å². The molecule has 1 atom stereocenters. The molecule has 0 saturated carbocycles. The average molecular weight is 451 g/mol. The highest BCUT2D eigenvalue weighted by Gasteiger charge is 2.21. The number of hydrogen-bond donors (Lipinski definition) is 1. The Morgan fingerprint density at radius 3 is 2.53 bits per heavy atom. The zero-order chi connectivity index (χ0) is 22.8. The van der Waals surface area contributed by atoms with Crippen molar-refractivity contribution in [1.29, 1.82) is 0 Å². The summed E-state index contributed by atoms with van der Waals surface area (Å²) in [7, 11) is 3.94. The second kappa shape index (κ2) is 9.04. The first-order valence-electron chi connectivity index (χ1n) is 10.5. The van der Waals surface area contributed by atoms with Crippen LogP contribution in [0.5, 0.6) is 0 Å². The van der Waals surface area contributed by atoms with E-state index in [1.165, 1.54) is 11.8 Å². The molecule has 8 nitrogen and oxygen atoms in total. The third-order valence-corrected chi connectivity index (χ3v) is 6.27. The quantitative estimate of drug-likeness (QED) is 0.433. The van der Waals surface area contributed by atoms with Gasteiger partial charge in [-0.05, 0) is 49.7 Å². The summed E-state index contributed by atoms with van der Waals surface area (Å²) in [4.78, 5) is 27.8. The lowest BCUT2D eigenvalue weighted by Crippen LogP contribution is -2.24. The molecule has 1 N–H and O–H groups in total. The van der Waals surface area contributed by atoms with Gasteiger partial charge in [-0.25, -0.2) is 0 Å². The lowest BCUT2D eigenvalue weighted by Gasteiger charge is -2.15. The molecule has 0 spiro atoms. The Labute approximate surface area is 190 Å². The number of hydrogen-bond acceptors (Lipinski definition) is 6. The second-order valence-electron chi connectivity index (χ2n) is 7.78. The van der Waals surface area contributed by atoms with Gasteiger partial charge in [-0.2, -0.15) is 0 Å². The van der Waals surface area contributed by atoms with Crippen LogP contribution < -0.4 is 15.8 Å². The summed E-state index contributed by atoms with van der Waals surface area (Å²) in [6.07, 6.45) is 0.800. The SMILES string of the molecule is CCCn1c(=O)c2ccccc2n2c(SC(C)C(=O)Nc3ccc(N(C)C)cc3)nnc12. The first kappa shape index (κ1) is 21.9. The van der Waals surface area contributed by atoms with Crippen molar-refractivity contribution < 1.29 is 4.79 Å². The van der Waals surface area contributed by atoms with Crippen molar-refractivity contribution in [3.63, 3.8) is 0 Å². The fraction of sp³-hybridized carbons (Fsp3) is 0.304. The molecular formula is C23H26N6O2S. The molecule has 0 aliphatic carbocycles. The van der Waals surface area contributed by atoms with E-state index in [-0.39, 0.29) is 11.5 Å². The molecule has 0 radical (unpaired) electrons. The van der Waals surface area contributed by atoms with Crippen molar-refractivity contribution >= 4 is 45.7 Å². The van der Waals surface area contributed by atoms with E-state index in [1.54, 1.807) is 4.57 Å². The Balaban J connectivity index is 1.64. The Hall–Kier alpha value is -3.33. The van der Waals surface area contributed by atoms with Gasteiger partial charge < -0.3 is 10.2 Å². The molecule has 0 saturated heterocycles. The van der Waals surface area contributed by atoms with Crippen LogP contribution in [0.2, 0.25) is 0 Å². The summed E-state index contributed by atoms with van der Waals surface area (Å²) in [6, 6.07) is 15.1. The summed E-state index contributed by atoms with van der Waals surface area (Å²) in [5.41, 5.74) is 2.46. The molecule has 4 rings (SSSR count). The first-order chi connectivity index (χ1) is 15.4. The number of benzene rings is 2. The standard InChI is InChI=1S/C23H26N6O2S/c1-5-14-28-21(31)18-8-6-7-9-19(18)29-22(28)25-26-23(29)32-15(2)20(30)24-16-10-12-17(13-11-16)27(3)4/h6-13,15H,5,14H2,1-4H3,(H,24,30). The number of anilines is 2. The normalized spacial score (nSPS) is 12.2. The van der Waals surface area contributed by atoms with E-state index in [1.807, 2.05) is 85.8 Å². The summed E-state index contributed by atoms with van der Waals surface area (Å²) >= 11 is 1.32. The first-order valence-corrected chi connectivity index (χ1v) is 11.4. The number of rotatable bonds is 7. The zero-order valence-corrected chi connectivity index (χ0v) is 19.4. The highest BCUT2D eigenvalue weighted by atomic mass is 32.2. The molecule has 4 aromatic rings. The maximum Gasteiger partial charge on any atom is 0.262 e. The van der Waals surface area contributed by atoms with Gasteiger partial charge in [-0.3, -0.25) is 18.6 Å². The fourth-order valence-corrected chi connectivity index (χ4v) is 4.39. The third-order valence-electron chi connectivity index (χ3n) is 5.23. The summed E-state index contributed by atoms with van der Waals surface area (Å²) < 4.78 is 3.52. The summed E-state index contributed by atoms with van der Waals surface area (Å²) in [5.74, 6) is 0.362. The topological polar surface area (TPSA) is 84.5 Å². The predicted molar refractivity (Wildman–Crippen MR) is 130 cm³/mol. The van der Waals surface area contributed by atoms with Crippen LogP contribution in [0.25, 0.3) is 16.7 Å². The van der Waals surface area contributed by atoms with Gasteiger partial charge in [-0.15, -0.1) is 10.2 Å². The number of aryl methyl sites for hydroxylation is 1. The lowest BCUT2D eigenvalue weighted by molar-refractivity contribution is -0.115. The number of para-hydroxylation sites is 1. The molecule has 9 heteroatoms. The molecule has 1 amide bonds. The molecule has 32 heavy (non-hydrogen) atoms. The Bertz CT molecular complexity index is 1330. The minimum atomic E-state index is -0.416. The molecule has 0 bridgehead atoms. The molecule has 2 aromatic heterocycles. The van der Waals surface area contributed by atoms with Gasteiger partial charge in [0.25, 0.3) is 5.56 Å². The zero-order valence-electron chi connectivity index (χ0n) is 18.6. The van der Waals surface area contributed by atoms with Gasteiger partial charge in [0.1, 0.15) is 0 Å². The van der Waals surface area contributed by atoms with E-state index in [0.29, 0.717) is 22.9 Å². The number of nitrogens with zero attached hydrogens (tertiary/aromatic N) is 5. The smallest absolute Gasteiger partial charge is 0.262 e. The molecule has 0 aliphatic rings. The van der Waals surface area contributed by atoms with Gasteiger partial charge in [0.15, 0.2) is 5.16 Å². The van der Waals surface area contributed by atoms with Crippen LogP contribution >= 0.6 is 11.8 Å². The number of thioether (sulfide) groups is 1. The van der Waals surface area contributed by atoms with Gasteiger partial charge >= 0.3 is 0 Å². The van der Waals surface area contributed by atoms with Crippen LogP contribution in [0, 0.1) is 0 Å². The van der Waals surface area contributed by atoms with Crippen LogP contribution in [-0.2, 0) is 11.3 Å². The fourth-order valence-electron chi connectivity index (χ4n) is 3.53. The Kier molecular flexibility index (Phi) is 6.18. The third kappa shape index (κ3) is 4.08. The van der Waals surface area contributed by atoms with Crippen molar-refractivity contribution in [3.05, 3.63) is 58.9 Å². The number of aromatic nitrogens is 4. The number of carbonyl (C=O) groups is 1. The van der Waals surface area contributed by atoms with Gasteiger partial charge in [-0.1, -0.05) is 30.8 Å². The maximum absolute atomic E-state index is 12.9. The number of nitrogens with one attached hydrogen (secondary N) is 1. The Morgan fingerprint density at radius 1 is 1.12 bits per heavy atom. The molecule has 2 aromatic carbocycles. The lowest BCUT2D eigenvalue weighted by atomic mass is 10.2. The molecular weight excluding hydrogens is 424 g/mol. The van der Waals surface area contributed by atoms with Crippen LogP contribution in [0.4, 0.5) is 11.4 Å². The maximum atomic E-state index is 12.9. The number of carbonyl (C=O) groups excluding carboxylic acids is 1. The number of fused-ring (bicyclic) bond motifs is 3. The summed E-state index contributed by atoms with van der Waals surface area (Å²) in [6.45, 7) is 4.40. The van der Waals surface area contributed by atoms with E-state index in [9.17, 15) is 9.59 Å². The van der Waals surface area contributed by atoms with E-state index in [4.69, 9.17) is 0 Å². The average Bonchev–Trinajstić information content (AvgIpc) is 3.20. The highest BCUT2D eigenvalue weighted by molar-refractivity contribution is 8.00. The van der Waals surface area contributed by atoms with Crippen molar-refractivity contribution in [2.24, 2.45) is 0 Å². The summed E-state index contributed by atoms with van der Waals surface area (Å²) in [5, 5.41) is 12.3. The van der Waals surface area contributed by atoms with E-state index in [0.717, 1.165) is 23.3 Å². The largest absolute Gasteiger partial charge is 0.378 e. The number of amides is 1. The van der Waals surface area contributed by atoms with Crippen LogP contribution in [0.1, 0.15) is 20.3 Å².